The number of carbonyl (C=O) groups is 1. The standard InChI is InChI=1S/C11H18N4O2S/c1-8(10(16)15-4-6-17-7-5-15)18-11-13-12-9(2)14(11)3/h8H,4-7H2,1-3H3. The molecule has 2 heterocycles. The Bertz CT molecular complexity index is 429. The van der Waals surface area contributed by atoms with E-state index in [1.165, 1.54) is 11.8 Å². The summed E-state index contributed by atoms with van der Waals surface area (Å²) in [6.07, 6.45) is 0. The van der Waals surface area contributed by atoms with Crippen LogP contribution >= 0.6 is 11.8 Å². The average Bonchev–Trinajstić information content (AvgIpc) is 2.71. The lowest BCUT2D eigenvalue weighted by Gasteiger charge is -2.28. The van der Waals surface area contributed by atoms with Crippen LogP contribution in [0.4, 0.5) is 0 Å². The summed E-state index contributed by atoms with van der Waals surface area (Å²) in [6.45, 7) is 6.43. The lowest BCUT2D eigenvalue weighted by atomic mass is 10.3. The molecule has 1 aliphatic rings. The average molecular weight is 270 g/mol. The SMILES string of the molecule is Cc1nnc(SC(C)C(=O)N2CCOCC2)n1C. The summed E-state index contributed by atoms with van der Waals surface area (Å²) in [4.78, 5) is 14.1. The summed E-state index contributed by atoms with van der Waals surface area (Å²) in [5.41, 5.74) is 0. The Balaban J connectivity index is 1.96. The highest BCUT2D eigenvalue weighted by Gasteiger charge is 2.24. The Morgan fingerprint density at radius 3 is 2.61 bits per heavy atom. The number of hydrogen-bond donors (Lipinski definition) is 0. The number of hydrogen-bond acceptors (Lipinski definition) is 5. The van der Waals surface area contributed by atoms with Crippen LogP contribution in [0.2, 0.25) is 0 Å². The van der Waals surface area contributed by atoms with Gasteiger partial charge in [0.05, 0.1) is 18.5 Å². The topological polar surface area (TPSA) is 60.3 Å². The van der Waals surface area contributed by atoms with Crippen molar-refractivity contribution in [1.82, 2.24) is 19.7 Å². The predicted octanol–water partition coefficient (Wildman–Crippen LogP) is 0.463. The van der Waals surface area contributed by atoms with Crippen LogP contribution < -0.4 is 0 Å². The fourth-order valence-electron chi connectivity index (χ4n) is 1.74. The van der Waals surface area contributed by atoms with Gasteiger partial charge in [-0.1, -0.05) is 11.8 Å². The summed E-state index contributed by atoms with van der Waals surface area (Å²) in [5, 5.41) is 8.68. The van der Waals surface area contributed by atoms with Gasteiger partial charge in [-0.05, 0) is 13.8 Å². The molecule has 1 saturated heterocycles. The number of amides is 1. The van der Waals surface area contributed by atoms with Gasteiger partial charge in [0.2, 0.25) is 5.91 Å². The molecule has 6 nitrogen and oxygen atoms in total. The molecule has 2 rings (SSSR count). The second kappa shape index (κ2) is 5.71. The zero-order valence-corrected chi connectivity index (χ0v) is 11.7. The normalized spacial score (nSPS) is 17.8. The minimum atomic E-state index is -0.148. The molecule has 0 spiro atoms. The molecule has 18 heavy (non-hydrogen) atoms. The lowest BCUT2D eigenvalue weighted by Crippen LogP contribution is -2.44. The second-order valence-corrected chi connectivity index (χ2v) is 5.59. The molecule has 1 fully saturated rings. The van der Waals surface area contributed by atoms with Crippen LogP contribution in [0.3, 0.4) is 0 Å². The molecule has 1 aliphatic heterocycles. The molecule has 1 aromatic heterocycles. The van der Waals surface area contributed by atoms with E-state index in [-0.39, 0.29) is 11.2 Å². The zero-order valence-electron chi connectivity index (χ0n) is 10.9. The highest BCUT2D eigenvalue weighted by atomic mass is 32.2. The van der Waals surface area contributed by atoms with Crippen LogP contribution in [0.15, 0.2) is 5.16 Å². The Morgan fingerprint density at radius 1 is 1.39 bits per heavy atom. The number of rotatable bonds is 3. The molecule has 1 aromatic rings. The number of aryl methyl sites for hydroxylation is 1. The molecule has 0 saturated carbocycles. The molecule has 0 radical (unpaired) electrons. The van der Waals surface area contributed by atoms with E-state index >= 15 is 0 Å². The van der Waals surface area contributed by atoms with E-state index < -0.39 is 0 Å². The quantitative estimate of drug-likeness (QED) is 0.747. The first kappa shape index (κ1) is 13.4. The van der Waals surface area contributed by atoms with E-state index in [4.69, 9.17) is 4.74 Å². The number of morpholine rings is 1. The number of ether oxygens (including phenoxy) is 1. The largest absolute Gasteiger partial charge is 0.378 e. The van der Waals surface area contributed by atoms with E-state index in [0.717, 1.165) is 11.0 Å². The Morgan fingerprint density at radius 2 is 2.06 bits per heavy atom. The number of nitrogens with zero attached hydrogens (tertiary/aromatic N) is 4. The molecule has 0 aliphatic carbocycles. The van der Waals surface area contributed by atoms with Gasteiger partial charge < -0.3 is 14.2 Å². The summed E-state index contributed by atoms with van der Waals surface area (Å²) < 4.78 is 7.14. The molecule has 100 valence electrons. The van der Waals surface area contributed by atoms with Crippen LogP contribution in [0, 0.1) is 6.92 Å². The Kier molecular flexibility index (Phi) is 4.23. The summed E-state index contributed by atoms with van der Waals surface area (Å²) in [7, 11) is 1.91. The summed E-state index contributed by atoms with van der Waals surface area (Å²) in [6, 6.07) is 0. The van der Waals surface area contributed by atoms with Crippen molar-refractivity contribution < 1.29 is 9.53 Å². The maximum atomic E-state index is 12.2. The van der Waals surface area contributed by atoms with E-state index in [1.807, 2.05) is 30.4 Å². The van der Waals surface area contributed by atoms with Crippen molar-refractivity contribution in [3.05, 3.63) is 5.82 Å². The molecule has 1 amide bonds. The van der Waals surface area contributed by atoms with Gasteiger partial charge in [0.1, 0.15) is 5.82 Å². The molecular formula is C11H18N4O2S. The minimum absolute atomic E-state index is 0.143. The van der Waals surface area contributed by atoms with Crippen LogP contribution in [-0.4, -0.2) is 57.1 Å². The molecular weight excluding hydrogens is 252 g/mol. The van der Waals surface area contributed by atoms with E-state index in [1.54, 1.807) is 0 Å². The fraction of sp³-hybridized carbons (Fsp3) is 0.727. The van der Waals surface area contributed by atoms with Gasteiger partial charge in [0, 0.05) is 20.1 Å². The van der Waals surface area contributed by atoms with Gasteiger partial charge in [-0.3, -0.25) is 4.79 Å². The van der Waals surface area contributed by atoms with E-state index in [9.17, 15) is 4.79 Å². The van der Waals surface area contributed by atoms with Gasteiger partial charge in [0.25, 0.3) is 0 Å². The van der Waals surface area contributed by atoms with Crippen molar-refractivity contribution in [3.8, 4) is 0 Å². The maximum Gasteiger partial charge on any atom is 0.236 e. The highest BCUT2D eigenvalue weighted by molar-refractivity contribution is 8.00. The zero-order chi connectivity index (χ0) is 13.1. The van der Waals surface area contributed by atoms with E-state index in [2.05, 4.69) is 10.2 Å². The molecule has 0 bridgehead atoms. The predicted molar refractivity (Wildman–Crippen MR) is 68.5 cm³/mol. The van der Waals surface area contributed by atoms with Crippen LogP contribution in [0.25, 0.3) is 0 Å². The van der Waals surface area contributed by atoms with Crippen molar-refractivity contribution in [2.45, 2.75) is 24.3 Å². The third-order valence-corrected chi connectivity index (χ3v) is 4.13. The number of carbonyl (C=O) groups excluding carboxylic acids is 1. The third-order valence-electron chi connectivity index (χ3n) is 3.01. The smallest absolute Gasteiger partial charge is 0.236 e. The number of thioether (sulfide) groups is 1. The monoisotopic (exact) mass is 270 g/mol. The minimum Gasteiger partial charge on any atom is -0.378 e. The molecule has 1 unspecified atom stereocenters. The van der Waals surface area contributed by atoms with Crippen molar-refractivity contribution in [3.63, 3.8) is 0 Å². The summed E-state index contributed by atoms with van der Waals surface area (Å²) >= 11 is 1.45. The highest BCUT2D eigenvalue weighted by Crippen LogP contribution is 2.22. The van der Waals surface area contributed by atoms with Crippen LogP contribution in [-0.2, 0) is 16.6 Å². The second-order valence-electron chi connectivity index (χ2n) is 4.29. The number of aromatic nitrogens is 3. The first-order valence-corrected chi connectivity index (χ1v) is 6.86. The summed E-state index contributed by atoms with van der Waals surface area (Å²) in [5.74, 6) is 0.993. The van der Waals surface area contributed by atoms with Crippen molar-refractivity contribution >= 4 is 17.7 Å². The lowest BCUT2D eigenvalue weighted by molar-refractivity contribution is -0.134. The van der Waals surface area contributed by atoms with E-state index in [0.29, 0.717) is 26.3 Å². The van der Waals surface area contributed by atoms with Gasteiger partial charge in [-0.25, -0.2) is 0 Å². The van der Waals surface area contributed by atoms with Crippen molar-refractivity contribution in [1.29, 1.82) is 0 Å². The molecule has 0 aromatic carbocycles. The van der Waals surface area contributed by atoms with Crippen LogP contribution in [0.5, 0.6) is 0 Å². The van der Waals surface area contributed by atoms with Crippen molar-refractivity contribution in [2.75, 3.05) is 26.3 Å². The molecule has 7 heteroatoms. The first-order chi connectivity index (χ1) is 8.59. The maximum absolute atomic E-state index is 12.2. The van der Waals surface area contributed by atoms with Crippen LogP contribution in [0.1, 0.15) is 12.7 Å². The Labute approximate surface area is 111 Å². The third kappa shape index (κ3) is 2.84. The van der Waals surface area contributed by atoms with Gasteiger partial charge in [0.15, 0.2) is 5.16 Å². The fourth-order valence-corrected chi connectivity index (χ4v) is 2.68. The van der Waals surface area contributed by atoms with Crippen molar-refractivity contribution in [2.24, 2.45) is 7.05 Å². The molecule has 0 N–H and O–H groups in total. The van der Waals surface area contributed by atoms with Gasteiger partial charge in [-0.15, -0.1) is 10.2 Å². The molecule has 1 atom stereocenters. The Hall–Kier alpha value is -1.08. The van der Waals surface area contributed by atoms with Gasteiger partial charge in [-0.2, -0.15) is 0 Å². The van der Waals surface area contributed by atoms with Gasteiger partial charge >= 0.3 is 0 Å². The first-order valence-electron chi connectivity index (χ1n) is 5.99.